The molecule has 2 aromatic rings. The van der Waals surface area contributed by atoms with Gasteiger partial charge in [0.1, 0.15) is 5.75 Å². The van der Waals surface area contributed by atoms with Gasteiger partial charge in [-0.05, 0) is 49.4 Å². The molecule has 5 heteroatoms. The number of carbonyl (C=O) groups is 2. The molecule has 1 aliphatic carbocycles. The summed E-state index contributed by atoms with van der Waals surface area (Å²) >= 11 is 0. The normalized spacial score (nSPS) is 14.4. The van der Waals surface area contributed by atoms with Crippen LogP contribution in [0.15, 0.2) is 48.5 Å². The molecular formula is C25H32N2O3. The minimum absolute atomic E-state index is 0.140. The zero-order chi connectivity index (χ0) is 21.3. The average molecular weight is 409 g/mol. The average Bonchev–Trinajstić information content (AvgIpc) is 2.75. The summed E-state index contributed by atoms with van der Waals surface area (Å²) in [5.41, 5.74) is 1.45. The van der Waals surface area contributed by atoms with Crippen LogP contribution in [-0.4, -0.2) is 24.5 Å². The van der Waals surface area contributed by atoms with Gasteiger partial charge in [0, 0.05) is 6.04 Å². The first-order valence-electron chi connectivity index (χ1n) is 11.0. The van der Waals surface area contributed by atoms with Crippen LogP contribution in [0, 0.1) is 5.92 Å². The van der Waals surface area contributed by atoms with E-state index in [9.17, 15) is 9.59 Å². The fourth-order valence-corrected chi connectivity index (χ4v) is 3.67. The number of anilines is 1. The Kier molecular flexibility index (Phi) is 7.89. The number of para-hydroxylation sites is 2. The third kappa shape index (κ3) is 6.09. The molecule has 1 aliphatic rings. The van der Waals surface area contributed by atoms with E-state index in [0.717, 1.165) is 32.1 Å². The van der Waals surface area contributed by atoms with E-state index in [1.165, 1.54) is 6.42 Å². The molecule has 160 valence electrons. The minimum atomic E-state index is -0.284. The highest BCUT2D eigenvalue weighted by Gasteiger charge is 2.20. The predicted molar refractivity (Wildman–Crippen MR) is 120 cm³/mol. The van der Waals surface area contributed by atoms with E-state index in [-0.39, 0.29) is 17.9 Å². The second kappa shape index (κ2) is 10.8. The molecule has 0 radical (unpaired) electrons. The van der Waals surface area contributed by atoms with Crippen LogP contribution in [0.3, 0.4) is 0 Å². The van der Waals surface area contributed by atoms with Crippen molar-refractivity contribution in [3.63, 3.8) is 0 Å². The van der Waals surface area contributed by atoms with Crippen molar-refractivity contribution in [3.05, 3.63) is 59.7 Å². The van der Waals surface area contributed by atoms with Crippen LogP contribution in [0.25, 0.3) is 0 Å². The Balaban J connectivity index is 1.71. The number of amides is 2. The molecule has 0 saturated heterocycles. The van der Waals surface area contributed by atoms with Gasteiger partial charge in [-0.25, -0.2) is 0 Å². The Bertz CT molecular complexity index is 857. The summed E-state index contributed by atoms with van der Waals surface area (Å²) in [4.78, 5) is 25.8. The Morgan fingerprint density at radius 2 is 1.60 bits per heavy atom. The van der Waals surface area contributed by atoms with Gasteiger partial charge in [0.05, 0.1) is 23.4 Å². The Hall–Kier alpha value is -2.82. The third-order valence-corrected chi connectivity index (χ3v) is 5.44. The van der Waals surface area contributed by atoms with Crippen molar-refractivity contribution in [1.29, 1.82) is 0 Å². The van der Waals surface area contributed by atoms with Gasteiger partial charge < -0.3 is 15.4 Å². The van der Waals surface area contributed by atoms with E-state index in [2.05, 4.69) is 24.5 Å². The Morgan fingerprint density at radius 1 is 0.933 bits per heavy atom. The summed E-state index contributed by atoms with van der Waals surface area (Å²) in [5, 5.41) is 6.03. The molecule has 0 bridgehead atoms. The molecule has 0 atom stereocenters. The van der Waals surface area contributed by atoms with Crippen LogP contribution in [0.1, 0.15) is 73.1 Å². The lowest BCUT2D eigenvalue weighted by molar-refractivity contribution is 0.0928. The summed E-state index contributed by atoms with van der Waals surface area (Å²) in [6.07, 6.45) is 6.48. The van der Waals surface area contributed by atoms with Crippen LogP contribution in [0.5, 0.6) is 5.75 Å². The SMILES string of the molecule is CC(C)CCOc1ccccc1C(=O)Nc1ccccc1C(=O)NC1CCCCC1. The van der Waals surface area contributed by atoms with Crippen molar-refractivity contribution in [2.45, 2.75) is 58.4 Å². The monoisotopic (exact) mass is 408 g/mol. The quantitative estimate of drug-likeness (QED) is 0.612. The molecule has 0 spiro atoms. The van der Waals surface area contributed by atoms with E-state index >= 15 is 0 Å². The van der Waals surface area contributed by atoms with Crippen LogP contribution >= 0.6 is 0 Å². The lowest BCUT2D eigenvalue weighted by atomic mass is 9.95. The zero-order valence-corrected chi connectivity index (χ0v) is 17.9. The largest absolute Gasteiger partial charge is 0.493 e. The van der Waals surface area contributed by atoms with Gasteiger partial charge in [-0.1, -0.05) is 57.4 Å². The number of ether oxygens (including phenoxy) is 1. The molecule has 2 aromatic carbocycles. The maximum atomic E-state index is 13.0. The van der Waals surface area contributed by atoms with Crippen molar-refractivity contribution in [1.82, 2.24) is 5.32 Å². The lowest BCUT2D eigenvalue weighted by Crippen LogP contribution is -2.36. The summed E-state index contributed by atoms with van der Waals surface area (Å²) in [6.45, 7) is 4.83. The Labute approximate surface area is 179 Å². The minimum Gasteiger partial charge on any atom is -0.493 e. The number of hydrogen-bond acceptors (Lipinski definition) is 3. The van der Waals surface area contributed by atoms with E-state index in [1.807, 2.05) is 24.3 Å². The molecule has 3 rings (SSSR count). The highest BCUT2D eigenvalue weighted by atomic mass is 16.5. The first-order chi connectivity index (χ1) is 14.5. The maximum Gasteiger partial charge on any atom is 0.259 e. The summed E-state index contributed by atoms with van der Waals surface area (Å²) in [7, 11) is 0. The second-order valence-corrected chi connectivity index (χ2v) is 8.34. The topological polar surface area (TPSA) is 67.4 Å². The molecule has 0 unspecified atom stereocenters. The van der Waals surface area contributed by atoms with Crippen LogP contribution in [0.4, 0.5) is 5.69 Å². The fraction of sp³-hybridized carbons (Fsp3) is 0.440. The number of hydrogen-bond donors (Lipinski definition) is 2. The summed E-state index contributed by atoms with van der Waals surface area (Å²) < 4.78 is 5.84. The second-order valence-electron chi connectivity index (χ2n) is 8.34. The van der Waals surface area contributed by atoms with Gasteiger partial charge in [-0.2, -0.15) is 0 Å². The molecular weight excluding hydrogens is 376 g/mol. The van der Waals surface area contributed by atoms with Gasteiger partial charge in [0.2, 0.25) is 0 Å². The summed E-state index contributed by atoms with van der Waals surface area (Å²) in [6, 6.07) is 14.6. The van der Waals surface area contributed by atoms with Crippen molar-refractivity contribution in [2.75, 3.05) is 11.9 Å². The molecule has 2 amide bonds. The lowest BCUT2D eigenvalue weighted by Gasteiger charge is -2.23. The van der Waals surface area contributed by atoms with Crippen LogP contribution < -0.4 is 15.4 Å². The van der Waals surface area contributed by atoms with E-state index in [0.29, 0.717) is 35.1 Å². The first-order valence-corrected chi connectivity index (χ1v) is 11.0. The van der Waals surface area contributed by atoms with Gasteiger partial charge in [0.15, 0.2) is 0 Å². The molecule has 2 N–H and O–H groups in total. The highest BCUT2D eigenvalue weighted by Crippen LogP contribution is 2.23. The maximum absolute atomic E-state index is 13.0. The third-order valence-electron chi connectivity index (χ3n) is 5.44. The highest BCUT2D eigenvalue weighted by molar-refractivity contribution is 6.10. The first kappa shape index (κ1) is 21.9. The van der Waals surface area contributed by atoms with E-state index in [1.54, 1.807) is 24.3 Å². The van der Waals surface area contributed by atoms with Gasteiger partial charge >= 0.3 is 0 Å². The van der Waals surface area contributed by atoms with Gasteiger partial charge in [-0.3, -0.25) is 9.59 Å². The zero-order valence-electron chi connectivity index (χ0n) is 17.9. The number of benzene rings is 2. The molecule has 1 saturated carbocycles. The predicted octanol–water partition coefficient (Wildman–Crippen LogP) is 5.43. The van der Waals surface area contributed by atoms with Crippen molar-refractivity contribution >= 4 is 17.5 Å². The Morgan fingerprint density at radius 3 is 2.33 bits per heavy atom. The molecule has 5 nitrogen and oxygen atoms in total. The van der Waals surface area contributed by atoms with Gasteiger partial charge in [-0.15, -0.1) is 0 Å². The number of nitrogens with one attached hydrogen (secondary N) is 2. The number of rotatable bonds is 8. The van der Waals surface area contributed by atoms with Crippen LogP contribution in [-0.2, 0) is 0 Å². The van der Waals surface area contributed by atoms with E-state index in [4.69, 9.17) is 4.74 Å². The standard InChI is InChI=1S/C25H32N2O3/c1-18(2)16-17-30-23-15-9-7-13-21(23)25(29)27-22-14-8-6-12-20(22)24(28)26-19-10-4-3-5-11-19/h6-9,12-15,18-19H,3-5,10-11,16-17H2,1-2H3,(H,26,28)(H,27,29). The van der Waals surface area contributed by atoms with Crippen molar-refractivity contribution < 1.29 is 14.3 Å². The molecule has 0 aromatic heterocycles. The summed E-state index contributed by atoms with van der Waals surface area (Å²) in [5.74, 6) is 0.660. The van der Waals surface area contributed by atoms with Gasteiger partial charge in [0.25, 0.3) is 11.8 Å². The van der Waals surface area contributed by atoms with Crippen molar-refractivity contribution in [2.24, 2.45) is 5.92 Å². The fourth-order valence-electron chi connectivity index (χ4n) is 3.67. The molecule has 1 fully saturated rings. The molecule has 0 aliphatic heterocycles. The molecule has 0 heterocycles. The number of carbonyl (C=O) groups excluding carboxylic acids is 2. The van der Waals surface area contributed by atoms with Crippen LogP contribution in [0.2, 0.25) is 0 Å². The van der Waals surface area contributed by atoms with E-state index < -0.39 is 0 Å². The molecule has 30 heavy (non-hydrogen) atoms. The smallest absolute Gasteiger partial charge is 0.259 e. The van der Waals surface area contributed by atoms with Crippen molar-refractivity contribution in [3.8, 4) is 5.75 Å².